The largest absolute Gasteiger partial charge is 0.416 e. The molecule has 2 aromatic carbocycles. The van der Waals surface area contributed by atoms with Gasteiger partial charge in [-0.05, 0) is 66.0 Å². The summed E-state index contributed by atoms with van der Waals surface area (Å²) in [5, 5.41) is 0. The highest BCUT2D eigenvalue weighted by atomic mass is 19.4. The molecular weight excluding hydrogens is 413 g/mol. The van der Waals surface area contributed by atoms with E-state index in [2.05, 4.69) is 0 Å². The maximum atomic E-state index is 13.7. The van der Waals surface area contributed by atoms with Crippen LogP contribution in [-0.2, 0) is 22.8 Å². The van der Waals surface area contributed by atoms with Crippen molar-refractivity contribution in [1.82, 2.24) is 4.90 Å². The van der Waals surface area contributed by atoms with E-state index >= 15 is 0 Å². The molecule has 2 nitrogen and oxygen atoms in total. The fourth-order valence-electron chi connectivity index (χ4n) is 4.32. The number of hydrogen-bond acceptors (Lipinski definition) is 1. The molecular formula is C24H26F5NO. The summed E-state index contributed by atoms with van der Waals surface area (Å²) in [4.78, 5) is 14.2. The summed E-state index contributed by atoms with van der Waals surface area (Å²) in [6.07, 6.45) is -2.84. The van der Waals surface area contributed by atoms with Crippen LogP contribution < -0.4 is 0 Å². The third-order valence-electron chi connectivity index (χ3n) is 6.42. The van der Waals surface area contributed by atoms with Crippen LogP contribution in [0.4, 0.5) is 22.0 Å². The van der Waals surface area contributed by atoms with Crippen LogP contribution in [0.2, 0.25) is 0 Å². The summed E-state index contributed by atoms with van der Waals surface area (Å²) in [7, 11) is 0. The summed E-state index contributed by atoms with van der Waals surface area (Å²) in [5.74, 6) is -1.07. The van der Waals surface area contributed by atoms with E-state index < -0.39 is 28.8 Å². The van der Waals surface area contributed by atoms with Crippen molar-refractivity contribution >= 4 is 5.91 Å². The highest BCUT2D eigenvalue weighted by molar-refractivity contribution is 5.76. The number of carbonyl (C=O) groups excluding carboxylic acids is 1. The average Bonchev–Trinajstić information content (AvgIpc) is 2.73. The van der Waals surface area contributed by atoms with Gasteiger partial charge in [0.05, 0.1) is 5.56 Å². The number of benzene rings is 2. The molecule has 0 aliphatic carbocycles. The van der Waals surface area contributed by atoms with Crippen LogP contribution >= 0.6 is 0 Å². The molecule has 1 aliphatic rings. The first-order valence-electron chi connectivity index (χ1n) is 10.4. The normalized spacial score (nSPS) is 15.9. The van der Waals surface area contributed by atoms with E-state index in [-0.39, 0.29) is 30.2 Å². The topological polar surface area (TPSA) is 20.3 Å². The predicted octanol–water partition coefficient (Wildman–Crippen LogP) is 6.13. The Morgan fingerprint density at radius 3 is 2.29 bits per heavy atom. The summed E-state index contributed by atoms with van der Waals surface area (Å²) in [6.45, 7) is 4.88. The van der Waals surface area contributed by atoms with Crippen LogP contribution in [0.1, 0.15) is 49.8 Å². The van der Waals surface area contributed by atoms with E-state index in [1.165, 1.54) is 12.1 Å². The molecule has 0 radical (unpaired) electrons. The third kappa shape index (κ3) is 5.43. The highest BCUT2D eigenvalue weighted by Gasteiger charge is 2.37. The zero-order chi connectivity index (χ0) is 22.8. The van der Waals surface area contributed by atoms with Crippen molar-refractivity contribution in [3.8, 4) is 0 Å². The van der Waals surface area contributed by atoms with Crippen molar-refractivity contribution < 1.29 is 26.7 Å². The molecule has 168 valence electrons. The van der Waals surface area contributed by atoms with E-state index in [1.807, 2.05) is 13.8 Å². The molecule has 0 N–H and O–H groups in total. The van der Waals surface area contributed by atoms with Gasteiger partial charge in [-0.2, -0.15) is 13.2 Å². The summed E-state index contributed by atoms with van der Waals surface area (Å²) in [5.41, 5.74) is -0.320. The SMILES string of the molecule is CC(C)(c1cccc(C(F)(F)F)c1)C1CCN(C(=O)CCc2cc(F)ccc2F)CC1. The van der Waals surface area contributed by atoms with E-state index in [4.69, 9.17) is 0 Å². The summed E-state index contributed by atoms with van der Waals surface area (Å²) < 4.78 is 66.3. The number of carbonyl (C=O) groups is 1. The maximum Gasteiger partial charge on any atom is 0.416 e. The number of likely N-dealkylation sites (tertiary alicyclic amines) is 1. The molecule has 7 heteroatoms. The second-order valence-corrected chi connectivity index (χ2v) is 8.69. The fourth-order valence-corrected chi connectivity index (χ4v) is 4.32. The van der Waals surface area contributed by atoms with E-state index in [9.17, 15) is 26.7 Å². The lowest BCUT2D eigenvalue weighted by Crippen LogP contribution is -2.43. The van der Waals surface area contributed by atoms with E-state index in [0.29, 0.717) is 31.5 Å². The van der Waals surface area contributed by atoms with Crippen molar-refractivity contribution in [3.05, 3.63) is 70.8 Å². The van der Waals surface area contributed by atoms with Gasteiger partial charge in [0.2, 0.25) is 5.91 Å². The number of halogens is 5. The summed E-state index contributed by atoms with van der Waals surface area (Å²) in [6, 6.07) is 8.64. The smallest absolute Gasteiger partial charge is 0.343 e. The Hall–Kier alpha value is -2.44. The number of alkyl halides is 3. The lowest BCUT2D eigenvalue weighted by molar-refractivity contribution is -0.137. The van der Waals surface area contributed by atoms with Crippen LogP contribution in [-0.4, -0.2) is 23.9 Å². The third-order valence-corrected chi connectivity index (χ3v) is 6.42. The minimum absolute atomic E-state index is 0.0854. The number of hydrogen-bond donors (Lipinski definition) is 0. The highest BCUT2D eigenvalue weighted by Crippen LogP contribution is 2.40. The molecule has 1 aliphatic heterocycles. The minimum atomic E-state index is -4.39. The van der Waals surface area contributed by atoms with Crippen molar-refractivity contribution in [2.45, 2.75) is 51.1 Å². The number of piperidine rings is 1. The number of rotatable bonds is 5. The molecule has 1 heterocycles. The first-order valence-corrected chi connectivity index (χ1v) is 10.4. The van der Waals surface area contributed by atoms with Crippen molar-refractivity contribution in [2.24, 2.45) is 5.92 Å². The monoisotopic (exact) mass is 439 g/mol. The molecule has 0 saturated carbocycles. The molecule has 1 amide bonds. The molecule has 1 fully saturated rings. The van der Waals surface area contributed by atoms with Gasteiger partial charge in [0, 0.05) is 19.5 Å². The zero-order valence-corrected chi connectivity index (χ0v) is 17.6. The first kappa shape index (κ1) is 23.2. The molecule has 3 rings (SSSR count). The molecule has 0 spiro atoms. The Bertz CT molecular complexity index is 930. The standard InChI is InChI=1S/C24H26F5NO/c1-23(2,18-4-3-5-19(15-18)24(27,28)29)17-10-12-30(13-11-17)22(31)9-6-16-14-20(25)7-8-21(16)26/h3-5,7-8,14-15,17H,6,9-13H2,1-2H3. The Kier molecular flexibility index (Phi) is 6.72. The van der Waals surface area contributed by atoms with Crippen LogP contribution in [0.3, 0.4) is 0 Å². The number of nitrogens with zero attached hydrogens (tertiary/aromatic N) is 1. The van der Waals surface area contributed by atoms with Crippen LogP contribution in [0.5, 0.6) is 0 Å². The first-order chi connectivity index (χ1) is 14.5. The molecule has 1 saturated heterocycles. The molecule has 0 atom stereocenters. The van der Waals surface area contributed by atoms with Crippen LogP contribution in [0.25, 0.3) is 0 Å². The quantitative estimate of drug-likeness (QED) is 0.513. The molecule has 0 unspecified atom stereocenters. The Morgan fingerprint density at radius 2 is 1.65 bits per heavy atom. The molecule has 0 bridgehead atoms. The second kappa shape index (κ2) is 8.97. The van der Waals surface area contributed by atoms with Gasteiger partial charge in [-0.1, -0.05) is 32.0 Å². The summed E-state index contributed by atoms with van der Waals surface area (Å²) >= 11 is 0. The van der Waals surface area contributed by atoms with Gasteiger partial charge in [-0.25, -0.2) is 8.78 Å². The van der Waals surface area contributed by atoms with Gasteiger partial charge >= 0.3 is 6.18 Å². The Morgan fingerprint density at radius 1 is 1.00 bits per heavy atom. The van der Waals surface area contributed by atoms with Gasteiger partial charge in [0.15, 0.2) is 0 Å². The molecule has 2 aromatic rings. The fraction of sp³-hybridized carbons (Fsp3) is 0.458. The van der Waals surface area contributed by atoms with Crippen molar-refractivity contribution in [2.75, 3.05) is 13.1 Å². The average molecular weight is 439 g/mol. The lowest BCUT2D eigenvalue weighted by atomic mass is 9.69. The van der Waals surface area contributed by atoms with Crippen molar-refractivity contribution in [3.63, 3.8) is 0 Å². The van der Waals surface area contributed by atoms with Gasteiger partial charge in [-0.3, -0.25) is 4.79 Å². The Balaban J connectivity index is 1.59. The lowest BCUT2D eigenvalue weighted by Gasteiger charge is -2.41. The van der Waals surface area contributed by atoms with Crippen LogP contribution in [0.15, 0.2) is 42.5 Å². The van der Waals surface area contributed by atoms with E-state index in [1.54, 1.807) is 11.0 Å². The predicted molar refractivity (Wildman–Crippen MR) is 108 cm³/mol. The van der Waals surface area contributed by atoms with Crippen LogP contribution in [0, 0.1) is 17.6 Å². The van der Waals surface area contributed by atoms with Gasteiger partial charge in [-0.15, -0.1) is 0 Å². The van der Waals surface area contributed by atoms with Gasteiger partial charge < -0.3 is 4.90 Å². The van der Waals surface area contributed by atoms with E-state index in [0.717, 1.165) is 24.3 Å². The van der Waals surface area contributed by atoms with Gasteiger partial charge in [0.25, 0.3) is 0 Å². The number of amides is 1. The minimum Gasteiger partial charge on any atom is -0.343 e. The Labute approximate surface area is 179 Å². The maximum absolute atomic E-state index is 13.7. The second-order valence-electron chi connectivity index (χ2n) is 8.69. The van der Waals surface area contributed by atoms with Gasteiger partial charge in [0.1, 0.15) is 11.6 Å². The molecule has 0 aromatic heterocycles. The van der Waals surface area contributed by atoms with Crippen molar-refractivity contribution in [1.29, 1.82) is 0 Å². The number of aryl methyl sites for hydroxylation is 1. The molecule has 31 heavy (non-hydrogen) atoms. The zero-order valence-electron chi connectivity index (χ0n) is 17.6.